The molecule has 0 spiro atoms. The quantitative estimate of drug-likeness (QED) is 0.754. The van der Waals surface area contributed by atoms with Crippen molar-refractivity contribution in [1.82, 2.24) is 5.32 Å². The summed E-state index contributed by atoms with van der Waals surface area (Å²) in [4.78, 5) is 22.6. The monoisotopic (exact) mass is 309 g/mol. The Labute approximate surface area is 130 Å². The first-order valence-corrected chi connectivity index (χ1v) is 7.24. The average molecular weight is 309 g/mol. The maximum Gasteiger partial charge on any atom is 0.407 e. The average Bonchev–Trinajstić information content (AvgIpc) is 2.45. The number of methoxy groups -OCH3 is 1. The number of hydrogen-bond acceptors (Lipinski definition) is 5. The van der Waals surface area contributed by atoms with Gasteiger partial charge in [-0.2, -0.15) is 0 Å². The highest BCUT2D eigenvalue weighted by Crippen LogP contribution is 2.18. The molecule has 22 heavy (non-hydrogen) atoms. The summed E-state index contributed by atoms with van der Waals surface area (Å²) in [7, 11) is 1.35. The Hall–Kier alpha value is -2.24. The Morgan fingerprint density at radius 2 is 1.95 bits per heavy atom. The van der Waals surface area contributed by atoms with Gasteiger partial charge in [0.15, 0.2) is 0 Å². The second-order valence-electron chi connectivity index (χ2n) is 5.16. The topological polar surface area (TPSA) is 84.9 Å². The smallest absolute Gasteiger partial charge is 0.407 e. The third-order valence-electron chi connectivity index (χ3n) is 3.02. The van der Waals surface area contributed by atoms with Crippen LogP contribution in [-0.4, -0.2) is 36.9 Å². The lowest BCUT2D eigenvalue weighted by atomic mass is 10.00. The Kier molecular flexibility index (Phi) is 7.22. The molecule has 1 aromatic rings. The third kappa shape index (κ3) is 6.47. The van der Waals surface area contributed by atoms with Gasteiger partial charge in [-0.1, -0.05) is 6.07 Å². The van der Waals surface area contributed by atoms with Crippen LogP contribution in [0.3, 0.4) is 0 Å². The molecule has 6 nitrogen and oxygen atoms in total. The van der Waals surface area contributed by atoms with Crippen molar-refractivity contribution in [3.05, 3.63) is 29.3 Å². The molecule has 0 atom stereocenters. The molecule has 0 fully saturated rings. The summed E-state index contributed by atoms with van der Waals surface area (Å²) in [6.07, 6.45) is 0.705. The highest BCUT2D eigenvalue weighted by Gasteiger charge is 2.09. The van der Waals surface area contributed by atoms with Gasteiger partial charge in [0, 0.05) is 13.0 Å². The molecule has 1 amide bonds. The van der Waals surface area contributed by atoms with Crippen LogP contribution in [0.25, 0.3) is 0 Å². The fourth-order valence-corrected chi connectivity index (χ4v) is 1.98. The highest BCUT2D eigenvalue weighted by atomic mass is 16.6. The van der Waals surface area contributed by atoms with E-state index in [0.717, 1.165) is 11.1 Å². The maximum atomic E-state index is 11.4. The zero-order valence-corrected chi connectivity index (χ0v) is 13.2. The minimum absolute atomic E-state index is 0.154. The number of phenolic OH excluding ortho intramolecular Hbond substituents is 1. The number of nitrogens with one attached hydrogen (secondary N) is 1. The van der Waals surface area contributed by atoms with Gasteiger partial charge in [0.1, 0.15) is 5.75 Å². The van der Waals surface area contributed by atoms with Gasteiger partial charge in [-0.25, -0.2) is 4.79 Å². The number of hydrogen-bond donors (Lipinski definition) is 2. The first-order valence-electron chi connectivity index (χ1n) is 7.24. The summed E-state index contributed by atoms with van der Waals surface area (Å²) in [5, 5.41) is 12.2. The number of aromatic hydroxyl groups is 1. The first kappa shape index (κ1) is 17.8. The number of alkyl carbamates (subject to hydrolysis) is 1. The van der Waals surface area contributed by atoms with Crippen LogP contribution >= 0.6 is 0 Å². The molecule has 0 aromatic heterocycles. The molecule has 0 saturated carbocycles. The molecule has 0 aliphatic carbocycles. The van der Waals surface area contributed by atoms with Crippen molar-refractivity contribution >= 4 is 12.1 Å². The van der Waals surface area contributed by atoms with E-state index in [1.165, 1.54) is 7.11 Å². The van der Waals surface area contributed by atoms with Crippen molar-refractivity contribution in [3.8, 4) is 5.75 Å². The fourth-order valence-electron chi connectivity index (χ4n) is 1.98. The first-order chi connectivity index (χ1) is 10.4. The predicted molar refractivity (Wildman–Crippen MR) is 81.8 cm³/mol. The number of phenols is 1. The minimum atomic E-state index is -0.466. The molecule has 2 N–H and O–H groups in total. The van der Waals surface area contributed by atoms with E-state index in [4.69, 9.17) is 4.74 Å². The fraction of sp³-hybridized carbons (Fsp3) is 0.500. The molecular formula is C16H23NO5. The van der Waals surface area contributed by atoms with Crippen LogP contribution in [0.5, 0.6) is 5.75 Å². The SMILES string of the molecule is COC(=O)CCc1ccc(O)cc1CCNC(=O)OC(C)C. The molecule has 0 heterocycles. The minimum Gasteiger partial charge on any atom is -0.508 e. The molecule has 0 aliphatic heterocycles. The number of benzene rings is 1. The molecule has 1 rings (SSSR count). The van der Waals surface area contributed by atoms with Gasteiger partial charge in [-0.15, -0.1) is 0 Å². The van der Waals surface area contributed by atoms with Gasteiger partial charge < -0.3 is 19.9 Å². The summed E-state index contributed by atoms with van der Waals surface area (Å²) in [5.41, 5.74) is 1.83. The molecule has 1 aromatic carbocycles. The van der Waals surface area contributed by atoms with Crippen molar-refractivity contribution in [2.75, 3.05) is 13.7 Å². The Morgan fingerprint density at radius 3 is 2.59 bits per heavy atom. The zero-order valence-electron chi connectivity index (χ0n) is 13.2. The molecule has 0 radical (unpaired) electrons. The van der Waals surface area contributed by atoms with E-state index in [0.29, 0.717) is 19.4 Å². The Balaban J connectivity index is 2.58. The second kappa shape index (κ2) is 8.92. The van der Waals surface area contributed by atoms with E-state index in [1.54, 1.807) is 32.0 Å². The van der Waals surface area contributed by atoms with Crippen LogP contribution in [0, 0.1) is 0 Å². The molecule has 0 bridgehead atoms. The van der Waals surface area contributed by atoms with E-state index in [9.17, 15) is 14.7 Å². The summed E-state index contributed by atoms with van der Waals surface area (Å²) in [6, 6.07) is 5.00. The van der Waals surface area contributed by atoms with Crippen LogP contribution in [0.4, 0.5) is 4.79 Å². The lowest BCUT2D eigenvalue weighted by molar-refractivity contribution is -0.140. The van der Waals surface area contributed by atoms with E-state index >= 15 is 0 Å². The third-order valence-corrected chi connectivity index (χ3v) is 3.02. The summed E-state index contributed by atoms with van der Waals surface area (Å²) in [5.74, 6) is -0.126. The van der Waals surface area contributed by atoms with Gasteiger partial charge in [0.25, 0.3) is 0 Å². The predicted octanol–water partition coefficient (Wildman–Crippen LogP) is 2.17. The second-order valence-corrected chi connectivity index (χ2v) is 5.16. The van der Waals surface area contributed by atoms with Crippen molar-refractivity contribution < 1.29 is 24.2 Å². The standard InChI is InChI=1S/C16H23NO5/c1-11(2)22-16(20)17-9-8-13-10-14(18)6-4-12(13)5-7-15(19)21-3/h4,6,10-11,18H,5,7-9H2,1-3H3,(H,17,20). The number of esters is 1. The number of rotatable bonds is 7. The number of amides is 1. The molecule has 0 saturated heterocycles. The zero-order chi connectivity index (χ0) is 16.5. The normalized spacial score (nSPS) is 10.4. The van der Waals surface area contributed by atoms with Crippen LogP contribution in [0.15, 0.2) is 18.2 Å². The lowest BCUT2D eigenvalue weighted by Gasteiger charge is -2.12. The van der Waals surface area contributed by atoms with Crippen molar-refractivity contribution in [2.24, 2.45) is 0 Å². The van der Waals surface area contributed by atoms with Gasteiger partial charge in [0.2, 0.25) is 0 Å². The highest BCUT2D eigenvalue weighted by molar-refractivity contribution is 5.69. The molecule has 0 aliphatic rings. The van der Waals surface area contributed by atoms with Crippen LogP contribution in [-0.2, 0) is 27.1 Å². The lowest BCUT2D eigenvalue weighted by Crippen LogP contribution is -2.28. The van der Waals surface area contributed by atoms with E-state index in [-0.39, 0.29) is 24.2 Å². The van der Waals surface area contributed by atoms with E-state index in [2.05, 4.69) is 10.1 Å². The van der Waals surface area contributed by atoms with Crippen LogP contribution in [0.2, 0.25) is 0 Å². The molecule has 0 unspecified atom stereocenters. The summed E-state index contributed by atoms with van der Waals surface area (Å²) >= 11 is 0. The largest absolute Gasteiger partial charge is 0.508 e. The van der Waals surface area contributed by atoms with Gasteiger partial charge in [-0.05, 0) is 49.9 Å². The molecule has 122 valence electrons. The Morgan fingerprint density at radius 1 is 1.23 bits per heavy atom. The molecular weight excluding hydrogens is 286 g/mol. The summed E-state index contributed by atoms with van der Waals surface area (Å²) in [6.45, 7) is 3.94. The molecule has 6 heteroatoms. The van der Waals surface area contributed by atoms with E-state index in [1.807, 2.05) is 0 Å². The maximum absolute atomic E-state index is 11.4. The van der Waals surface area contributed by atoms with Crippen molar-refractivity contribution in [3.63, 3.8) is 0 Å². The van der Waals surface area contributed by atoms with Crippen LogP contribution in [0.1, 0.15) is 31.4 Å². The number of aryl methyl sites for hydroxylation is 1. The Bertz CT molecular complexity index is 513. The van der Waals surface area contributed by atoms with Crippen molar-refractivity contribution in [2.45, 2.75) is 39.2 Å². The number of carbonyl (C=O) groups is 2. The van der Waals surface area contributed by atoms with Gasteiger partial charge >= 0.3 is 12.1 Å². The number of ether oxygens (including phenoxy) is 2. The van der Waals surface area contributed by atoms with Crippen molar-refractivity contribution in [1.29, 1.82) is 0 Å². The number of carbonyl (C=O) groups excluding carboxylic acids is 2. The summed E-state index contributed by atoms with van der Waals surface area (Å²) < 4.78 is 9.60. The van der Waals surface area contributed by atoms with Gasteiger partial charge in [-0.3, -0.25) is 4.79 Å². The van der Waals surface area contributed by atoms with E-state index < -0.39 is 6.09 Å². The van der Waals surface area contributed by atoms with Gasteiger partial charge in [0.05, 0.1) is 13.2 Å². The van der Waals surface area contributed by atoms with Crippen LogP contribution < -0.4 is 5.32 Å².